The molecule has 0 unspecified atom stereocenters. The molecule has 90 valence electrons. The number of rotatable bonds is 5. The number of carbonyl (C=O) groups is 1. The van der Waals surface area contributed by atoms with Gasteiger partial charge in [0.2, 0.25) is 0 Å². The van der Waals surface area contributed by atoms with Gasteiger partial charge in [-0.05, 0) is 37.1 Å². The highest BCUT2D eigenvalue weighted by molar-refractivity contribution is 5.75. The van der Waals surface area contributed by atoms with Crippen molar-refractivity contribution >= 4 is 5.97 Å². The van der Waals surface area contributed by atoms with Crippen molar-refractivity contribution in [3.63, 3.8) is 0 Å². The Kier molecular flexibility index (Phi) is 3.62. The summed E-state index contributed by atoms with van der Waals surface area (Å²) in [5.41, 5.74) is -1.11. The third kappa shape index (κ3) is 2.05. The monoisotopic (exact) mass is 226 g/mol. The molecule has 1 heterocycles. The number of carboxylic acid groups (broad SMARTS) is 1. The Hall–Kier alpha value is -1.46. The fraction of sp³-hybridized carbons (Fsp3) is 0.800. The SMILES string of the molecule is CCC(CC)c1nnnn1C(C)(C)C(=O)O. The van der Waals surface area contributed by atoms with Crippen LogP contribution in [-0.4, -0.2) is 31.3 Å². The summed E-state index contributed by atoms with van der Waals surface area (Å²) in [6.07, 6.45) is 1.79. The second-order valence-electron chi connectivity index (χ2n) is 4.33. The maximum atomic E-state index is 11.2. The Morgan fingerprint density at radius 1 is 1.44 bits per heavy atom. The fourth-order valence-electron chi connectivity index (χ4n) is 1.59. The summed E-state index contributed by atoms with van der Waals surface area (Å²) in [7, 11) is 0. The lowest BCUT2D eigenvalue weighted by Crippen LogP contribution is -2.38. The molecule has 0 aromatic carbocycles. The van der Waals surface area contributed by atoms with Gasteiger partial charge in [-0.15, -0.1) is 5.10 Å². The predicted octanol–water partition coefficient (Wildman–Crippen LogP) is 1.40. The Balaban J connectivity index is 3.16. The minimum Gasteiger partial charge on any atom is -0.479 e. The molecular weight excluding hydrogens is 208 g/mol. The molecule has 0 radical (unpaired) electrons. The molecule has 0 spiro atoms. The van der Waals surface area contributed by atoms with Crippen LogP contribution in [-0.2, 0) is 10.3 Å². The maximum absolute atomic E-state index is 11.2. The lowest BCUT2D eigenvalue weighted by molar-refractivity contribution is -0.146. The summed E-state index contributed by atoms with van der Waals surface area (Å²) in [5, 5.41) is 20.5. The Morgan fingerprint density at radius 2 is 2.00 bits per heavy atom. The van der Waals surface area contributed by atoms with Crippen molar-refractivity contribution in [3.05, 3.63) is 5.82 Å². The van der Waals surface area contributed by atoms with Gasteiger partial charge in [-0.2, -0.15) is 0 Å². The smallest absolute Gasteiger partial charge is 0.331 e. The van der Waals surface area contributed by atoms with Crippen molar-refractivity contribution in [3.8, 4) is 0 Å². The van der Waals surface area contributed by atoms with Gasteiger partial charge in [0.15, 0.2) is 11.4 Å². The van der Waals surface area contributed by atoms with E-state index in [2.05, 4.69) is 15.5 Å². The van der Waals surface area contributed by atoms with Crippen LogP contribution in [0.3, 0.4) is 0 Å². The molecule has 6 nitrogen and oxygen atoms in total. The molecule has 1 aromatic heterocycles. The highest BCUT2D eigenvalue weighted by Gasteiger charge is 2.34. The van der Waals surface area contributed by atoms with Gasteiger partial charge in [0.1, 0.15) is 0 Å². The summed E-state index contributed by atoms with van der Waals surface area (Å²) < 4.78 is 1.41. The zero-order valence-electron chi connectivity index (χ0n) is 10.1. The van der Waals surface area contributed by atoms with Gasteiger partial charge in [-0.3, -0.25) is 0 Å². The summed E-state index contributed by atoms with van der Waals surface area (Å²) >= 11 is 0. The zero-order valence-corrected chi connectivity index (χ0v) is 10.1. The number of carboxylic acids is 1. The van der Waals surface area contributed by atoms with Gasteiger partial charge in [0, 0.05) is 5.92 Å². The number of tetrazole rings is 1. The highest BCUT2D eigenvalue weighted by Crippen LogP contribution is 2.24. The van der Waals surface area contributed by atoms with Crippen molar-refractivity contribution in [2.24, 2.45) is 0 Å². The largest absolute Gasteiger partial charge is 0.479 e. The van der Waals surface area contributed by atoms with E-state index in [0.29, 0.717) is 5.82 Å². The van der Waals surface area contributed by atoms with Gasteiger partial charge < -0.3 is 5.11 Å². The zero-order chi connectivity index (χ0) is 12.3. The molecule has 1 rings (SSSR count). The molecule has 1 N–H and O–H groups in total. The number of nitrogens with zero attached hydrogens (tertiary/aromatic N) is 4. The minimum atomic E-state index is -1.11. The summed E-state index contributed by atoms with van der Waals surface area (Å²) in [6.45, 7) is 7.27. The van der Waals surface area contributed by atoms with E-state index >= 15 is 0 Å². The van der Waals surface area contributed by atoms with Gasteiger partial charge in [0.25, 0.3) is 0 Å². The lowest BCUT2D eigenvalue weighted by atomic mass is 10.00. The summed E-state index contributed by atoms with van der Waals surface area (Å²) in [5.74, 6) is -0.0852. The van der Waals surface area contributed by atoms with E-state index in [1.165, 1.54) is 4.68 Å². The second-order valence-corrected chi connectivity index (χ2v) is 4.33. The average molecular weight is 226 g/mol. The van der Waals surface area contributed by atoms with E-state index in [-0.39, 0.29) is 5.92 Å². The van der Waals surface area contributed by atoms with Crippen LogP contribution in [0.25, 0.3) is 0 Å². The Bertz CT molecular complexity index is 369. The molecule has 0 saturated carbocycles. The van der Waals surface area contributed by atoms with E-state index in [9.17, 15) is 4.79 Å². The standard InChI is InChI=1S/C10H18N4O2/c1-5-7(6-2)8-11-12-13-14(8)10(3,4)9(15)16/h7H,5-6H2,1-4H3,(H,15,16). The summed E-state index contributed by atoms with van der Waals surface area (Å²) in [6, 6.07) is 0. The first-order chi connectivity index (χ1) is 7.45. The van der Waals surface area contributed by atoms with Crippen molar-refractivity contribution in [1.82, 2.24) is 20.2 Å². The number of hydrogen-bond acceptors (Lipinski definition) is 4. The number of aliphatic carboxylic acids is 1. The molecular formula is C10H18N4O2. The molecule has 0 aliphatic heterocycles. The molecule has 0 bridgehead atoms. The first kappa shape index (κ1) is 12.6. The molecule has 0 atom stereocenters. The van der Waals surface area contributed by atoms with E-state index in [1.54, 1.807) is 13.8 Å². The van der Waals surface area contributed by atoms with Crippen LogP contribution in [0.2, 0.25) is 0 Å². The van der Waals surface area contributed by atoms with Crippen LogP contribution in [0.15, 0.2) is 0 Å². The van der Waals surface area contributed by atoms with Crippen molar-refractivity contribution < 1.29 is 9.90 Å². The molecule has 16 heavy (non-hydrogen) atoms. The minimum absolute atomic E-state index is 0.202. The van der Waals surface area contributed by atoms with Crippen LogP contribution >= 0.6 is 0 Å². The number of aromatic nitrogens is 4. The van der Waals surface area contributed by atoms with Crippen LogP contribution in [0.1, 0.15) is 52.3 Å². The number of hydrogen-bond donors (Lipinski definition) is 1. The van der Waals surface area contributed by atoms with E-state index < -0.39 is 11.5 Å². The van der Waals surface area contributed by atoms with E-state index in [0.717, 1.165) is 12.8 Å². The predicted molar refractivity (Wildman–Crippen MR) is 58.1 cm³/mol. The summed E-state index contributed by atoms with van der Waals surface area (Å²) in [4.78, 5) is 11.2. The molecule has 6 heteroatoms. The molecule has 0 saturated heterocycles. The topological polar surface area (TPSA) is 80.9 Å². The van der Waals surface area contributed by atoms with E-state index in [4.69, 9.17) is 5.11 Å². The molecule has 0 fully saturated rings. The third-order valence-corrected chi connectivity index (χ3v) is 2.90. The highest BCUT2D eigenvalue weighted by atomic mass is 16.4. The van der Waals surface area contributed by atoms with Crippen LogP contribution < -0.4 is 0 Å². The first-order valence-corrected chi connectivity index (χ1v) is 5.47. The van der Waals surface area contributed by atoms with Gasteiger partial charge in [-0.25, -0.2) is 9.48 Å². The fourth-order valence-corrected chi connectivity index (χ4v) is 1.59. The molecule has 0 aliphatic rings. The Morgan fingerprint density at radius 3 is 2.44 bits per heavy atom. The molecule has 0 aliphatic carbocycles. The van der Waals surface area contributed by atoms with Gasteiger partial charge in [0.05, 0.1) is 0 Å². The quantitative estimate of drug-likeness (QED) is 0.820. The van der Waals surface area contributed by atoms with Crippen molar-refractivity contribution in [1.29, 1.82) is 0 Å². The Labute approximate surface area is 94.7 Å². The molecule has 1 aromatic rings. The third-order valence-electron chi connectivity index (χ3n) is 2.90. The maximum Gasteiger partial charge on any atom is 0.331 e. The average Bonchev–Trinajstić information content (AvgIpc) is 2.69. The normalized spacial score (nSPS) is 12.1. The first-order valence-electron chi connectivity index (χ1n) is 5.47. The van der Waals surface area contributed by atoms with Gasteiger partial charge in [-0.1, -0.05) is 13.8 Å². The lowest BCUT2D eigenvalue weighted by Gasteiger charge is -2.22. The van der Waals surface area contributed by atoms with Gasteiger partial charge >= 0.3 is 5.97 Å². The van der Waals surface area contributed by atoms with Crippen molar-refractivity contribution in [2.45, 2.75) is 52.0 Å². The second kappa shape index (κ2) is 4.59. The van der Waals surface area contributed by atoms with E-state index in [1.807, 2.05) is 13.8 Å². The van der Waals surface area contributed by atoms with Crippen molar-refractivity contribution in [2.75, 3.05) is 0 Å². The molecule has 0 amide bonds. The van der Waals surface area contributed by atoms with Crippen LogP contribution in [0.4, 0.5) is 0 Å². The van der Waals surface area contributed by atoms with Crippen LogP contribution in [0, 0.1) is 0 Å². The van der Waals surface area contributed by atoms with Crippen LogP contribution in [0.5, 0.6) is 0 Å².